The van der Waals surface area contributed by atoms with Gasteiger partial charge in [-0.1, -0.05) is 6.92 Å². The van der Waals surface area contributed by atoms with Crippen LogP contribution >= 0.6 is 0 Å². The Balaban J connectivity index is 1.70. The molecule has 0 spiro atoms. The number of aromatic nitrogens is 2. The standard InChI is InChI=1S/C20H26N4O4S/c1-19(5-6-19)12-23-16-4-3-14(29(27,28)22-20(2)7-8-20)9-15(16)17(25)24(18(23)26)13-10-21-11-13/h3-4,9,13,21-22H,5-8,10-12H2,1-2H3. The van der Waals surface area contributed by atoms with Crippen LogP contribution in [0.25, 0.3) is 10.9 Å². The molecule has 8 nitrogen and oxygen atoms in total. The SMILES string of the molecule is CC1(Cn2c(=O)n(C3CNC3)c(=O)c3cc(S(=O)(=O)NC4(C)CC4)ccc32)CC1. The van der Waals surface area contributed by atoms with Crippen LogP contribution in [0.15, 0.2) is 32.7 Å². The van der Waals surface area contributed by atoms with Crippen LogP contribution in [0.1, 0.15) is 45.6 Å². The summed E-state index contributed by atoms with van der Waals surface area (Å²) in [7, 11) is -3.73. The van der Waals surface area contributed by atoms with Crippen molar-refractivity contribution in [1.82, 2.24) is 19.2 Å². The van der Waals surface area contributed by atoms with E-state index in [0.29, 0.717) is 25.2 Å². The van der Waals surface area contributed by atoms with Crippen molar-refractivity contribution in [3.8, 4) is 0 Å². The average molecular weight is 419 g/mol. The number of sulfonamides is 1. The zero-order valence-electron chi connectivity index (χ0n) is 16.7. The lowest BCUT2D eigenvalue weighted by atomic mass is 10.1. The number of nitrogens with one attached hydrogen (secondary N) is 2. The minimum Gasteiger partial charge on any atom is -0.312 e. The van der Waals surface area contributed by atoms with E-state index in [0.717, 1.165) is 25.7 Å². The summed E-state index contributed by atoms with van der Waals surface area (Å²) in [6.45, 7) is 5.66. The highest BCUT2D eigenvalue weighted by Gasteiger charge is 2.42. The third-order valence-corrected chi connectivity index (χ3v) is 8.24. The monoisotopic (exact) mass is 418 g/mol. The van der Waals surface area contributed by atoms with Crippen LogP contribution in [0.5, 0.6) is 0 Å². The van der Waals surface area contributed by atoms with Gasteiger partial charge in [-0.15, -0.1) is 0 Å². The molecule has 5 rings (SSSR count). The van der Waals surface area contributed by atoms with Crippen molar-refractivity contribution in [3.63, 3.8) is 0 Å². The number of rotatable bonds is 6. The molecule has 156 valence electrons. The predicted molar refractivity (Wildman–Crippen MR) is 110 cm³/mol. The summed E-state index contributed by atoms with van der Waals surface area (Å²) in [5.74, 6) is 0. The Kier molecular flexibility index (Phi) is 3.95. The lowest BCUT2D eigenvalue weighted by molar-refractivity contribution is 0.316. The van der Waals surface area contributed by atoms with E-state index < -0.39 is 21.1 Å². The number of hydrogen-bond donors (Lipinski definition) is 2. The van der Waals surface area contributed by atoms with Gasteiger partial charge in [-0.05, 0) is 56.2 Å². The summed E-state index contributed by atoms with van der Waals surface area (Å²) in [5, 5.41) is 3.38. The predicted octanol–water partition coefficient (Wildman–Crippen LogP) is 0.938. The Bertz CT molecular complexity index is 1230. The first-order valence-corrected chi connectivity index (χ1v) is 11.6. The third kappa shape index (κ3) is 3.25. The normalized spacial score (nSPS) is 22.4. The van der Waals surface area contributed by atoms with Gasteiger partial charge in [-0.3, -0.25) is 13.9 Å². The molecule has 0 atom stereocenters. The number of benzene rings is 1. The molecule has 0 amide bonds. The van der Waals surface area contributed by atoms with Crippen LogP contribution < -0.4 is 21.3 Å². The summed E-state index contributed by atoms with van der Waals surface area (Å²) in [6, 6.07) is 4.34. The summed E-state index contributed by atoms with van der Waals surface area (Å²) in [4.78, 5) is 26.5. The quantitative estimate of drug-likeness (QED) is 0.727. The lowest BCUT2D eigenvalue weighted by Gasteiger charge is -2.29. The van der Waals surface area contributed by atoms with Crippen molar-refractivity contribution in [2.75, 3.05) is 13.1 Å². The third-order valence-electron chi connectivity index (χ3n) is 6.60. The summed E-state index contributed by atoms with van der Waals surface area (Å²) in [5.41, 5.74) is -0.549. The number of hydrogen-bond acceptors (Lipinski definition) is 5. The molecule has 3 fully saturated rings. The molecule has 0 bridgehead atoms. The van der Waals surface area contributed by atoms with Gasteiger partial charge in [0.25, 0.3) is 5.56 Å². The molecule has 1 aliphatic heterocycles. The Labute approximate surface area is 169 Å². The van der Waals surface area contributed by atoms with Gasteiger partial charge in [0.2, 0.25) is 10.0 Å². The molecule has 2 N–H and O–H groups in total. The van der Waals surface area contributed by atoms with Crippen LogP contribution in [-0.2, 0) is 16.6 Å². The summed E-state index contributed by atoms with van der Waals surface area (Å²) in [6.07, 6.45) is 3.69. The molecule has 0 unspecified atom stereocenters. The minimum atomic E-state index is -3.73. The van der Waals surface area contributed by atoms with Gasteiger partial charge in [0, 0.05) is 25.2 Å². The Hall–Kier alpha value is -1.97. The van der Waals surface area contributed by atoms with Crippen molar-refractivity contribution in [2.24, 2.45) is 5.41 Å². The van der Waals surface area contributed by atoms with Gasteiger partial charge in [0.1, 0.15) is 0 Å². The van der Waals surface area contributed by atoms with E-state index in [9.17, 15) is 18.0 Å². The molecule has 2 saturated carbocycles. The lowest BCUT2D eigenvalue weighted by Crippen LogP contribution is -2.53. The molecular formula is C20H26N4O4S. The highest BCUT2D eigenvalue weighted by Crippen LogP contribution is 2.46. The second-order valence-electron chi connectivity index (χ2n) is 9.51. The summed E-state index contributed by atoms with van der Waals surface area (Å²) >= 11 is 0. The van der Waals surface area contributed by atoms with Gasteiger partial charge < -0.3 is 5.32 Å². The molecule has 1 aromatic heterocycles. The molecule has 2 heterocycles. The zero-order chi connectivity index (χ0) is 20.6. The maximum Gasteiger partial charge on any atom is 0.331 e. The van der Waals surface area contributed by atoms with Crippen molar-refractivity contribution in [2.45, 2.75) is 62.6 Å². The number of nitrogens with zero attached hydrogens (tertiary/aromatic N) is 2. The summed E-state index contributed by atoms with van der Waals surface area (Å²) < 4.78 is 31.3. The molecule has 29 heavy (non-hydrogen) atoms. The van der Waals surface area contributed by atoms with E-state index in [-0.39, 0.29) is 27.4 Å². The van der Waals surface area contributed by atoms with E-state index in [1.165, 1.54) is 16.7 Å². The fourth-order valence-corrected chi connectivity index (χ4v) is 5.39. The first-order chi connectivity index (χ1) is 13.6. The Morgan fingerprint density at radius 1 is 1.14 bits per heavy atom. The molecule has 0 radical (unpaired) electrons. The second-order valence-corrected chi connectivity index (χ2v) is 11.2. The van der Waals surface area contributed by atoms with Gasteiger partial charge in [-0.2, -0.15) is 0 Å². The second kappa shape index (κ2) is 6.02. The Morgan fingerprint density at radius 2 is 1.83 bits per heavy atom. The molecule has 2 aliphatic carbocycles. The van der Waals surface area contributed by atoms with Crippen molar-refractivity contribution < 1.29 is 8.42 Å². The van der Waals surface area contributed by atoms with Gasteiger partial charge in [0.15, 0.2) is 0 Å². The molecule has 1 saturated heterocycles. The number of fused-ring (bicyclic) bond motifs is 1. The molecule has 1 aromatic carbocycles. The smallest absolute Gasteiger partial charge is 0.312 e. The van der Waals surface area contributed by atoms with Crippen LogP contribution in [0.3, 0.4) is 0 Å². The van der Waals surface area contributed by atoms with Crippen LogP contribution in [0.2, 0.25) is 0 Å². The fourth-order valence-electron chi connectivity index (χ4n) is 3.90. The van der Waals surface area contributed by atoms with Crippen LogP contribution in [0.4, 0.5) is 0 Å². The van der Waals surface area contributed by atoms with Gasteiger partial charge >= 0.3 is 5.69 Å². The first-order valence-electron chi connectivity index (χ1n) is 10.1. The molecule has 9 heteroatoms. The minimum absolute atomic E-state index is 0.0592. The maximum absolute atomic E-state index is 13.2. The highest BCUT2D eigenvalue weighted by molar-refractivity contribution is 7.89. The van der Waals surface area contributed by atoms with Gasteiger partial charge in [0.05, 0.1) is 21.8 Å². The van der Waals surface area contributed by atoms with Crippen molar-refractivity contribution in [3.05, 3.63) is 39.0 Å². The van der Waals surface area contributed by atoms with Crippen molar-refractivity contribution in [1.29, 1.82) is 0 Å². The fraction of sp³-hybridized carbons (Fsp3) is 0.600. The van der Waals surface area contributed by atoms with Crippen molar-refractivity contribution >= 4 is 20.9 Å². The van der Waals surface area contributed by atoms with E-state index in [1.807, 2.05) is 6.92 Å². The first kappa shape index (κ1) is 19.0. The van der Waals surface area contributed by atoms with Crippen LogP contribution in [-0.4, -0.2) is 36.2 Å². The zero-order valence-corrected chi connectivity index (χ0v) is 17.5. The topological polar surface area (TPSA) is 102 Å². The molecular weight excluding hydrogens is 392 g/mol. The maximum atomic E-state index is 13.2. The van der Waals surface area contributed by atoms with E-state index in [2.05, 4.69) is 17.0 Å². The molecule has 3 aliphatic rings. The Morgan fingerprint density at radius 3 is 2.38 bits per heavy atom. The highest BCUT2D eigenvalue weighted by atomic mass is 32.2. The average Bonchev–Trinajstić information content (AvgIpc) is 3.53. The molecule has 2 aromatic rings. The van der Waals surface area contributed by atoms with E-state index in [4.69, 9.17) is 0 Å². The van der Waals surface area contributed by atoms with E-state index in [1.54, 1.807) is 10.6 Å². The van der Waals surface area contributed by atoms with E-state index >= 15 is 0 Å². The van der Waals surface area contributed by atoms with Gasteiger partial charge in [-0.25, -0.2) is 17.9 Å². The van der Waals surface area contributed by atoms with Crippen LogP contribution in [0, 0.1) is 5.41 Å². The largest absolute Gasteiger partial charge is 0.331 e.